The first kappa shape index (κ1) is 34.0. The topological polar surface area (TPSA) is 128 Å². The highest BCUT2D eigenvalue weighted by Gasteiger charge is 2.64. The van der Waals surface area contributed by atoms with Crippen LogP contribution in [0.5, 0.6) is 23.1 Å². The van der Waals surface area contributed by atoms with Gasteiger partial charge in [-0.1, -0.05) is 29.8 Å². The molecule has 1 fully saturated rings. The summed E-state index contributed by atoms with van der Waals surface area (Å²) in [6.07, 6.45) is 1.12. The van der Waals surface area contributed by atoms with Crippen LogP contribution in [0.1, 0.15) is 17.5 Å². The Labute approximate surface area is 289 Å². The molecule has 14 heteroatoms. The zero-order chi connectivity index (χ0) is 35.1. The number of aromatic nitrogens is 1. The maximum absolute atomic E-state index is 15.5. The number of anilines is 1. The zero-order valence-electron chi connectivity index (χ0n) is 27.5. The average molecular weight is 707 g/mol. The van der Waals surface area contributed by atoms with Gasteiger partial charge in [0.15, 0.2) is 5.54 Å². The Morgan fingerprint density at radius 3 is 2.35 bits per heavy atom. The van der Waals surface area contributed by atoms with Gasteiger partial charge in [0, 0.05) is 55.5 Å². The van der Waals surface area contributed by atoms with Crippen LogP contribution >= 0.6 is 11.6 Å². The lowest BCUT2D eigenvalue weighted by Crippen LogP contribution is -2.59. The standard InChI is InChI=1S/C35H35ClN4O8S/c1-38(2)33(41)29-19-25(48-23-10-7-6-8-11-23)21-39(29)35(26-12-9-17-37-32(26)47-5)27-18-22(36)13-15-28(27)40(34(35)42)49(43,44)31-16-14-24(45-3)20-30(31)46-4/h6-18,20,25,29H,19,21H2,1-5H3/t25-,29-,35?/m0/s1. The smallest absolute Gasteiger partial charge is 0.274 e. The molecular formula is C35H35ClN4O8S. The van der Waals surface area contributed by atoms with Gasteiger partial charge >= 0.3 is 0 Å². The molecule has 2 aliphatic heterocycles. The Bertz CT molecular complexity index is 2010. The minimum Gasteiger partial charge on any atom is -0.497 e. The second kappa shape index (κ2) is 13.2. The number of rotatable bonds is 10. The molecule has 1 unspecified atom stereocenters. The van der Waals surface area contributed by atoms with Crippen molar-refractivity contribution >= 4 is 39.1 Å². The molecule has 0 radical (unpaired) electrons. The average Bonchev–Trinajstić information content (AvgIpc) is 3.63. The van der Waals surface area contributed by atoms with Crippen LogP contribution in [0, 0.1) is 0 Å². The third-order valence-electron chi connectivity index (χ3n) is 8.77. The van der Waals surface area contributed by atoms with Crippen molar-refractivity contribution in [3.05, 3.63) is 101 Å². The molecule has 0 aliphatic carbocycles. The Morgan fingerprint density at radius 2 is 1.67 bits per heavy atom. The molecule has 0 bridgehead atoms. The van der Waals surface area contributed by atoms with E-state index in [2.05, 4.69) is 4.98 Å². The fourth-order valence-electron chi connectivity index (χ4n) is 6.67. The molecule has 12 nitrogen and oxygen atoms in total. The number of nitrogens with zero attached hydrogens (tertiary/aromatic N) is 4. The largest absolute Gasteiger partial charge is 0.497 e. The monoisotopic (exact) mass is 706 g/mol. The molecule has 3 aromatic carbocycles. The molecule has 0 N–H and O–H groups in total. The molecule has 3 heterocycles. The first-order valence-corrected chi connectivity index (χ1v) is 17.1. The number of fused-ring (bicyclic) bond motifs is 1. The number of likely N-dealkylation sites (tertiary alicyclic amines) is 1. The highest BCUT2D eigenvalue weighted by Crippen LogP contribution is 2.55. The molecule has 2 aliphatic rings. The highest BCUT2D eigenvalue weighted by atomic mass is 35.5. The Morgan fingerprint density at radius 1 is 0.918 bits per heavy atom. The van der Waals surface area contributed by atoms with Crippen molar-refractivity contribution in [1.82, 2.24) is 14.8 Å². The summed E-state index contributed by atoms with van der Waals surface area (Å²) in [5.41, 5.74) is -1.48. The van der Waals surface area contributed by atoms with E-state index in [4.69, 9.17) is 30.5 Å². The van der Waals surface area contributed by atoms with Gasteiger partial charge in [0.1, 0.15) is 28.2 Å². The molecule has 256 valence electrons. The fraction of sp³-hybridized carbons (Fsp3) is 0.286. The van der Waals surface area contributed by atoms with E-state index in [1.165, 1.54) is 62.8 Å². The van der Waals surface area contributed by atoms with Crippen molar-refractivity contribution in [2.75, 3.05) is 46.3 Å². The van der Waals surface area contributed by atoms with E-state index in [1.807, 2.05) is 18.2 Å². The third-order valence-corrected chi connectivity index (χ3v) is 10.7. The number of amides is 2. The van der Waals surface area contributed by atoms with Gasteiger partial charge in [-0.15, -0.1) is 0 Å². The lowest BCUT2D eigenvalue weighted by atomic mass is 9.81. The van der Waals surface area contributed by atoms with Crippen LogP contribution in [0.4, 0.5) is 5.69 Å². The van der Waals surface area contributed by atoms with Crippen molar-refractivity contribution in [2.24, 2.45) is 0 Å². The number of pyridine rings is 1. The minimum absolute atomic E-state index is 0.0303. The predicted molar refractivity (Wildman–Crippen MR) is 182 cm³/mol. The van der Waals surface area contributed by atoms with Gasteiger partial charge in [-0.25, -0.2) is 17.7 Å². The fourth-order valence-corrected chi connectivity index (χ4v) is 8.44. The molecular weight excluding hydrogens is 672 g/mol. The van der Waals surface area contributed by atoms with Crippen LogP contribution in [-0.2, 0) is 25.2 Å². The molecule has 6 rings (SSSR count). The summed E-state index contributed by atoms with van der Waals surface area (Å²) in [6, 6.07) is 20.2. The van der Waals surface area contributed by atoms with Crippen LogP contribution < -0.4 is 23.3 Å². The second-order valence-electron chi connectivity index (χ2n) is 11.7. The molecule has 1 saturated heterocycles. The number of benzene rings is 3. The van der Waals surface area contributed by atoms with Crippen LogP contribution in [0.3, 0.4) is 0 Å². The third kappa shape index (κ3) is 5.61. The van der Waals surface area contributed by atoms with Crippen LogP contribution in [0.15, 0.2) is 90.0 Å². The highest BCUT2D eigenvalue weighted by molar-refractivity contribution is 7.93. The first-order chi connectivity index (χ1) is 23.5. The normalized spacial score (nSPS) is 20.5. The predicted octanol–water partition coefficient (Wildman–Crippen LogP) is 4.35. The zero-order valence-corrected chi connectivity index (χ0v) is 29.1. The molecule has 2 amide bonds. The van der Waals surface area contributed by atoms with Crippen LogP contribution in [0.25, 0.3) is 0 Å². The summed E-state index contributed by atoms with van der Waals surface area (Å²) in [4.78, 5) is 36.9. The van der Waals surface area contributed by atoms with Gasteiger partial charge in [0.2, 0.25) is 11.8 Å². The van der Waals surface area contributed by atoms with Gasteiger partial charge < -0.3 is 23.8 Å². The summed E-state index contributed by atoms with van der Waals surface area (Å²) in [5.74, 6) is -0.224. The van der Waals surface area contributed by atoms with Crippen molar-refractivity contribution in [1.29, 1.82) is 0 Å². The first-order valence-electron chi connectivity index (χ1n) is 15.3. The van der Waals surface area contributed by atoms with E-state index in [0.717, 1.165) is 4.31 Å². The quantitative estimate of drug-likeness (QED) is 0.235. The van der Waals surface area contributed by atoms with E-state index < -0.39 is 33.6 Å². The van der Waals surface area contributed by atoms with E-state index in [-0.39, 0.29) is 57.2 Å². The molecule has 0 spiro atoms. The Kier molecular flexibility index (Phi) is 9.18. The Hall–Kier alpha value is -4.85. The number of carbonyl (C=O) groups excluding carboxylic acids is 2. The van der Waals surface area contributed by atoms with E-state index >= 15 is 4.79 Å². The lowest BCUT2D eigenvalue weighted by Gasteiger charge is -2.41. The molecule has 1 aromatic heterocycles. The number of halogens is 1. The molecule has 49 heavy (non-hydrogen) atoms. The Balaban J connectivity index is 1.63. The minimum atomic E-state index is -4.68. The van der Waals surface area contributed by atoms with Crippen molar-refractivity contribution in [3.8, 4) is 23.1 Å². The van der Waals surface area contributed by atoms with Crippen molar-refractivity contribution in [3.63, 3.8) is 0 Å². The number of methoxy groups -OCH3 is 3. The SMILES string of the molecule is COc1ccc(S(=O)(=O)N2C(=O)C(c3cccnc3OC)(N3C[C@@H](Oc4ccccc4)C[C@H]3C(=O)N(C)C)c3cc(Cl)ccc32)c(OC)c1. The van der Waals surface area contributed by atoms with E-state index in [9.17, 15) is 13.2 Å². The number of hydrogen-bond donors (Lipinski definition) is 0. The summed E-state index contributed by atoms with van der Waals surface area (Å²) >= 11 is 6.63. The molecule has 0 saturated carbocycles. The molecule has 4 aromatic rings. The van der Waals surface area contributed by atoms with Crippen LogP contribution in [0.2, 0.25) is 5.02 Å². The van der Waals surface area contributed by atoms with Crippen LogP contribution in [-0.4, -0.2) is 89.1 Å². The van der Waals surface area contributed by atoms with Gasteiger partial charge in [-0.2, -0.15) is 0 Å². The van der Waals surface area contributed by atoms with Gasteiger partial charge in [0.05, 0.1) is 33.1 Å². The van der Waals surface area contributed by atoms with E-state index in [0.29, 0.717) is 11.5 Å². The van der Waals surface area contributed by atoms with Crippen molar-refractivity contribution in [2.45, 2.75) is 29.0 Å². The number of likely N-dealkylation sites (N-methyl/N-ethyl adjacent to an activating group) is 1. The summed E-state index contributed by atoms with van der Waals surface area (Å²) in [6.45, 7) is 0.0502. The van der Waals surface area contributed by atoms with Gasteiger partial charge in [0.25, 0.3) is 15.9 Å². The lowest BCUT2D eigenvalue weighted by molar-refractivity contribution is -0.138. The molecule has 3 atom stereocenters. The number of hydrogen-bond acceptors (Lipinski definition) is 10. The summed E-state index contributed by atoms with van der Waals surface area (Å²) in [5, 5.41) is 0.242. The van der Waals surface area contributed by atoms with Gasteiger partial charge in [-0.3, -0.25) is 14.5 Å². The number of sulfonamides is 1. The van der Waals surface area contributed by atoms with E-state index in [1.54, 1.807) is 49.3 Å². The number of ether oxygens (including phenoxy) is 4. The summed E-state index contributed by atoms with van der Waals surface area (Å²) in [7, 11) is 2.74. The maximum atomic E-state index is 15.5. The second-order valence-corrected chi connectivity index (χ2v) is 13.9. The number of carbonyl (C=O) groups is 2. The van der Waals surface area contributed by atoms with Gasteiger partial charge in [-0.05, 0) is 54.6 Å². The maximum Gasteiger partial charge on any atom is 0.274 e. The van der Waals surface area contributed by atoms with Crippen molar-refractivity contribution < 1.29 is 37.0 Å². The number of para-hydroxylation sites is 1. The summed E-state index contributed by atoms with van der Waals surface area (Å²) < 4.78 is 53.1.